The number of hydrogen-bond donors (Lipinski definition) is 3. The lowest BCUT2D eigenvalue weighted by Crippen LogP contribution is -2.39. The van der Waals surface area contributed by atoms with Gasteiger partial charge < -0.3 is 16.4 Å². The van der Waals surface area contributed by atoms with Crippen molar-refractivity contribution in [1.82, 2.24) is 15.5 Å². The molecule has 1 fully saturated rings. The minimum Gasteiger partial charge on any atom is -0.350 e. The fourth-order valence-electron chi connectivity index (χ4n) is 3.06. The predicted molar refractivity (Wildman–Crippen MR) is 94.0 cm³/mol. The van der Waals surface area contributed by atoms with Gasteiger partial charge in [0.05, 0.1) is 13.1 Å². The van der Waals surface area contributed by atoms with Crippen molar-refractivity contribution in [2.24, 2.45) is 11.7 Å². The molecule has 1 aliphatic rings. The average molecular weight is 332 g/mol. The van der Waals surface area contributed by atoms with Gasteiger partial charge in [0.25, 0.3) is 0 Å². The molecule has 0 bridgehead atoms. The lowest BCUT2D eigenvalue weighted by atomic mass is 9.99. The van der Waals surface area contributed by atoms with Gasteiger partial charge >= 0.3 is 0 Å². The normalized spacial score (nSPS) is 18.2. The Kier molecular flexibility index (Phi) is 7.21. The van der Waals surface area contributed by atoms with Crippen LogP contribution in [0.15, 0.2) is 24.3 Å². The molecule has 0 spiro atoms. The predicted octanol–water partition coefficient (Wildman–Crippen LogP) is 0.610. The van der Waals surface area contributed by atoms with Crippen molar-refractivity contribution >= 4 is 11.8 Å². The van der Waals surface area contributed by atoms with Gasteiger partial charge in [-0.15, -0.1) is 0 Å². The van der Waals surface area contributed by atoms with E-state index in [2.05, 4.69) is 28.5 Å². The van der Waals surface area contributed by atoms with Gasteiger partial charge in [0.2, 0.25) is 11.8 Å². The number of piperidine rings is 1. The maximum Gasteiger partial charge on any atom is 0.239 e. The van der Waals surface area contributed by atoms with Crippen molar-refractivity contribution in [3.8, 4) is 0 Å². The first-order chi connectivity index (χ1) is 11.6. The van der Waals surface area contributed by atoms with Gasteiger partial charge in [0.15, 0.2) is 0 Å². The summed E-state index contributed by atoms with van der Waals surface area (Å²) in [6.45, 7) is 5.80. The van der Waals surface area contributed by atoms with E-state index in [1.807, 2.05) is 18.2 Å². The molecule has 0 radical (unpaired) electrons. The molecule has 1 aromatic carbocycles. The average Bonchev–Trinajstić information content (AvgIpc) is 2.59. The molecular weight excluding hydrogens is 304 g/mol. The van der Waals surface area contributed by atoms with E-state index in [9.17, 15) is 9.59 Å². The van der Waals surface area contributed by atoms with Crippen molar-refractivity contribution in [3.05, 3.63) is 35.4 Å². The van der Waals surface area contributed by atoms with Crippen LogP contribution < -0.4 is 16.4 Å². The van der Waals surface area contributed by atoms with Crippen LogP contribution in [0.4, 0.5) is 0 Å². The Morgan fingerprint density at radius 3 is 2.67 bits per heavy atom. The number of benzene rings is 1. The van der Waals surface area contributed by atoms with Gasteiger partial charge in [-0.1, -0.05) is 31.2 Å². The molecule has 1 unspecified atom stereocenters. The second kappa shape index (κ2) is 9.39. The number of nitrogens with zero attached hydrogens (tertiary/aromatic N) is 1. The van der Waals surface area contributed by atoms with Crippen LogP contribution in [0, 0.1) is 5.92 Å². The van der Waals surface area contributed by atoms with E-state index < -0.39 is 0 Å². The van der Waals surface area contributed by atoms with Crippen LogP contribution in [-0.2, 0) is 22.7 Å². The molecule has 6 nitrogen and oxygen atoms in total. The highest BCUT2D eigenvalue weighted by Gasteiger charge is 2.17. The molecule has 0 saturated carbocycles. The molecule has 24 heavy (non-hydrogen) atoms. The Labute approximate surface area is 143 Å². The fraction of sp³-hybridized carbons (Fsp3) is 0.556. The molecule has 1 aliphatic heterocycles. The third-order valence-electron chi connectivity index (χ3n) is 4.36. The summed E-state index contributed by atoms with van der Waals surface area (Å²) in [6.07, 6.45) is 2.56. The Morgan fingerprint density at radius 2 is 1.96 bits per heavy atom. The smallest absolute Gasteiger partial charge is 0.239 e. The molecule has 2 amide bonds. The Morgan fingerprint density at radius 1 is 1.21 bits per heavy atom. The number of carbonyl (C=O) groups is 2. The molecule has 0 aliphatic carbocycles. The number of likely N-dealkylation sites (tertiary alicyclic amines) is 1. The summed E-state index contributed by atoms with van der Waals surface area (Å²) in [6, 6.07) is 8.19. The van der Waals surface area contributed by atoms with Crippen LogP contribution in [0.2, 0.25) is 0 Å². The Balaban J connectivity index is 1.86. The summed E-state index contributed by atoms with van der Waals surface area (Å²) in [4.78, 5) is 25.4. The minimum absolute atomic E-state index is 0.0398. The molecule has 132 valence electrons. The van der Waals surface area contributed by atoms with Crippen molar-refractivity contribution in [2.45, 2.75) is 32.9 Å². The largest absolute Gasteiger partial charge is 0.350 e. The van der Waals surface area contributed by atoms with Crippen LogP contribution in [0.3, 0.4) is 0 Å². The van der Waals surface area contributed by atoms with Gasteiger partial charge in [-0.25, -0.2) is 0 Å². The fourth-order valence-corrected chi connectivity index (χ4v) is 3.06. The van der Waals surface area contributed by atoms with Crippen molar-refractivity contribution in [1.29, 1.82) is 0 Å². The molecule has 6 heteroatoms. The van der Waals surface area contributed by atoms with E-state index in [0.29, 0.717) is 6.54 Å². The number of carbonyl (C=O) groups excluding carboxylic acids is 2. The van der Waals surface area contributed by atoms with Crippen molar-refractivity contribution < 1.29 is 9.59 Å². The number of nitrogens with one attached hydrogen (secondary N) is 2. The monoisotopic (exact) mass is 332 g/mol. The third kappa shape index (κ3) is 5.94. The molecule has 1 atom stereocenters. The quantitative estimate of drug-likeness (QED) is 0.683. The van der Waals surface area contributed by atoms with E-state index >= 15 is 0 Å². The Hall–Kier alpha value is -1.92. The topological polar surface area (TPSA) is 87.5 Å². The molecule has 2 rings (SSSR count). The van der Waals surface area contributed by atoms with Crippen LogP contribution in [0.5, 0.6) is 0 Å². The van der Waals surface area contributed by atoms with E-state index in [4.69, 9.17) is 5.73 Å². The zero-order valence-corrected chi connectivity index (χ0v) is 14.4. The highest BCUT2D eigenvalue weighted by molar-refractivity contribution is 5.85. The maximum absolute atomic E-state index is 11.8. The molecule has 1 saturated heterocycles. The number of amides is 2. The SMILES string of the molecule is CC1CCCN(Cc2ccccc2CNC(=O)CNC(=O)CN)C1. The number of nitrogens with two attached hydrogens (primary N) is 1. The first-order valence-electron chi connectivity index (χ1n) is 8.61. The number of hydrogen-bond acceptors (Lipinski definition) is 4. The zero-order chi connectivity index (χ0) is 17.4. The zero-order valence-electron chi connectivity index (χ0n) is 14.4. The lowest BCUT2D eigenvalue weighted by molar-refractivity contribution is -0.125. The summed E-state index contributed by atoms with van der Waals surface area (Å²) < 4.78 is 0. The lowest BCUT2D eigenvalue weighted by Gasteiger charge is -2.31. The van der Waals surface area contributed by atoms with E-state index in [0.717, 1.165) is 31.1 Å². The van der Waals surface area contributed by atoms with Crippen LogP contribution in [-0.4, -0.2) is 42.9 Å². The van der Waals surface area contributed by atoms with E-state index in [1.54, 1.807) is 0 Å². The summed E-state index contributed by atoms with van der Waals surface area (Å²) in [5.74, 6) is 0.208. The second-order valence-electron chi connectivity index (χ2n) is 6.51. The van der Waals surface area contributed by atoms with E-state index in [-0.39, 0.29) is 24.9 Å². The summed E-state index contributed by atoms with van der Waals surface area (Å²) in [5.41, 5.74) is 7.56. The summed E-state index contributed by atoms with van der Waals surface area (Å²) >= 11 is 0. The van der Waals surface area contributed by atoms with Crippen LogP contribution in [0.1, 0.15) is 30.9 Å². The first-order valence-corrected chi connectivity index (χ1v) is 8.61. The van der Waals surface area contributed by atoms with Gasteiger partial charge in [-0.2, -0.15) is 0 Å². The highest BCUT2D eigenvalue weighted by atomic mass is 16.2. The standard InChI is InChI=1S/C18H28N4O2/c1-14-5-4-8-22(12-14)13-16-7-3-2-6-15(16)10-20-18(24)11-21-17(23)9-19/h2-3,6-7,14H,4-5,8-13,19H2,1H3,(H,20,24)(H,21,23). The van der Waals surface area contributed by atoms with Crippen LogP contribution >= 0.6 is 0 Å². The maximum atomic E-state index is 11.8. The van der Waals surface area contributed by atoms with Gasteiger partial charge in [0.1, 0.15) is 0 Å². The molecular formula is C18H28N4O2. The minimum atomic E-state index is -0.329. The number of rotatable bonds is 7. The van der Waals surface area contributed by atoms with E-state index in [1.165, 1.54) is 18.4 Å². The van der Waals surface area contributed by atoms with Crippen molar-refractivity contribution in [3.63, 3.8) is 0 Å². The van der Waals surface area contributed by atoms with Crippen molar-refractivity contribution in [2.75, 3.05) is 26.2 Å². The third-order valence-corrected chi connectivity index (χ3v) is 4.36. The summed E-state index contributed by atoms with van der Waals surface area (Å²) in [7, 11) is 0. The molecule has 1 aromatic rings. The van der Waals surface area contributed by atoms with Gasteiger partial charge in [-0.3, -0.25) is 14.5 Å². The Bertz CT molecular complexity index is 562. The van der Waals surface area contributed by atoms with Gasteiger partial charge in [0, 0.05) is 19.6 Å². The molecule has 4 N–H and O–H groups in total. The second-order valence-corrected chi connectivity index (χ2v) is 6.51. The van der Waals surface area contributed by atoms with Crippen LogP contribution in [0.25, 0.3) is 0 Å². The van der Waals surface area contributed by atoms with Gasteiger partial charge in [-0.05, 0) is 36.4 Å². The first kappa shape index (κ1) is 18.4. The molecule has 1 heterocycles. The molecule has 0 aromatic heterocycles. The highest BCUT2D eigenvalue weighted by Crippen LogP contribution is 2.19. The summed E-state index contributed by atoms with van der Waals surface area (Å²) in [5, 5.41) is 5.32.